The van der Waals surface area contributed by atoms with Crippen LogP contribution < -0.4 is 14.9 Å². The van der Waals surface area contributed by atoms with Crippen molar-refractivity contribution in [3.63, 3.8) is 0 Å². The molecule has 0 radical (unpaired) electrons. The SMILES string of the molecule is CCC(C)c1ccccc1OCC(=O)N/N=C/c1ccc(OC)c(C)c1. The zero-order valence-electron chi connectivity index (χ0n) is 15.8. The van der Waals surface area contributed by atoms with Gasteiger partial charge in [0.15, 0.2) is 6.61 Å². The lowest BCUT2D eigenvalue weighted by atomic mass is 9.98. The number of benzene rings is 2. The van der Waals surface area contributed by atoms with Crippen LogP contribution in [0.15, 0.2) is 47.6 Å². The lowest BCUT2D eigenvalue weighted by Crippen LogP contribution is -2.25. The molecule has 138 valence electrons. The van der Waals surface area contributed by atoms with Gasteiger partial charge in [-0.05, 0) is 60.2 Å². The molecule has 0 saturated heterocycles. The fourth-order valence-corrected chi connectivity index (χ4v) is 2.58. The van der Waals surface area contributed by atoms with E-state index in [9.17, 15) is 4.79 Å². The van der Waals surface area contributed by atoms with E-state index >= 15 is 0 Å². The summed E-state index contributed by atoms with van der Waals surface area (Å²) in [6.07, 6.45) is 2.61. The Balaban J connectivity index is 1.89. The Hall–Kier alpha value is -2.82. The van der Waals surface area contributed by atoms with E-state index in [1.807, 2.05) is 49.4 Å². The average Bonchev–Trinajstić information content (AvgIpc) is 2.66. The second-order valence-corrected chi connectivity index (χ2v) is 6.16. The Morgan fingerprint density at radius 3 is 2.69 bits per heavy atom. The summed E-state index contributed by atoms with van der Waals surface area (Å²) in [5, 5.41) is 3.98. The third-order valence-corrected chi connectivity index (χ3v) is 4.24. The molecule has 1 atom stereocenters. The maximum absolute atomic E-state index is 12.0. The predicted octanol–water partition coefficient (Wildman–Crippen LogP) is 4.05. The second-order valence-electron chi connectivity index (χ2n) is 6.16. The van der Waals surface area contributed by atoms with Gasteiger partial charge in [0.1, 0.15) is 11.5 Å². The highest BCUT2D eigenvalue weighted by atomic mass is 16.5. The number of hydrogen-bond donors (Lipinski definition) is 1. The zero-order chi connectivity index (χ0) is 18.9. The number of amides is 1. The Morgan fingerprint density at radius 1 is 1.23 bits per heavy atom. The van der Waals surface area contributed by atoms with Crippen molar-refractivity contribution >= 4 is 12.1 Å². The molecule has 1 N–H and O–H groups in total. The molecule has 0 aliphatic heterocycles. The molecule has 0 saturated carbocycles. The molecule has 0 bridgehead atoms. The van der Waals surface area contributed by atoms with Crippen molar-refractivity contribution in [3.8, 4) is 11.5 Å². The molecule has 2 aromatic rings. The monoisotopic (exact) mass is 354 g/mol. The molecule has 2 rings (SSSR count). The van der Waals surface area contributed by atoms with E-state index in [1.54, 1.807) is 13.3 Å². The van der Waals surface area contributed by atoms with Crippen LogP contribution in [0.4, 0.5) is 0 Å². The number of hydrogen-bond acceptors (Lipinski definition) is 4. The Bertz CT molecular complexity index is 772. The van der Waals surface area contributed by atoms with Gasteiger partial charge in [0, 0.05) is 0 Å². The molecule has 5 heteroatoms. The van der Waals surface area contributed by atoms with Gasteiger partial charge in [-0.25, -0.2) is 5.43 Å². The summed E-state index contributed by atoms with van der Waals surface area (Å²) in [5.74, 6) is 1.64. The third kappa shape index (κ3) is 5.34. The van der Waals surface area contributed by atoms with Gasteiger partial charge >= 0.3 is 0 Å². The van der Waals surface area contributed by atoms with Gasteiger partial charge in [0.25, 0.3) is 5.91 Å². The van der Waals surface area contributed by atoms with Crippen LogP contribution in [-0.2, 0) is 4.79 Å². The van der Waals surface area contributed by atoms with E-state index in [0.717, 1.165) is 34.6 Å². The molecule has 0 aromatic heterocycles. The van der Waals surface area contributed by atoms with Crippen molar-refractivity contribution in [1.82, 2.24) is 5.43 Å². The minimum atomic E-state index is -0.301. The number of carbonyl (C=O) groups is 1. The zero-order valence-corrected chi connectivity index (χ0v) is 15.8. The number of para-hydroxylation sites is 1. The second kappa shape index (κ2) is 9.61. The molecule has 1 amide bonds. The molecule has 0 fully saturated rings. The first-order valence-corrected chi connectivity index (χ1v) is 8.73. The molecule has 2 aromatic carbocycles. The van der Waals surface area contributed by atoms with Crippen LogP contribution in [-0.4, -0.2) is 25.8 Å². The smallest absolute Gasteiger partial charge is 0.277 e. The first-order valence-electron chi connectivity index (χ1n) is 8.73. The van der Waals surface area contributed by atoms with Gasteiger partial charge in [-0.2, -0.15) is 5.10 Å². The number of carbonyl (C=O) groups excluding carboxylic acids is 1. The molecule has 1 unspecified atom stereocenters. The molecule has 0 aliphatic carbocycles. The summed E-state index contributed by atoms with van der Waals surface area (Å²) < 4.78 is 10.9. The number of nitrogens with zero attached hydrogens (tertiary/aromatic N) is 1. The number of ether oxygens (including phenoxy) is 2. The largest absolute Gasteiger partial charge is 0.496 e. The number of methoxy groups -OCH3 is 1. The predicted molar refractivity (Wildman–Crippen MR) is 104 cm³/mol. The maximum atomic E-state index is 12.0. The molecule has 0 aliphatic rings. The van der Waals surface area contributed by atoms with Crippen LogP contribution >= 0.6 is 0 Å². The Morgan fingerprint density at radius 2 is 2.00 bits per heavy atom. The van der Waals surface area contributed by atoms with Gasteiger partial charge in [0.05, 0.1) is 13.3 Å². The van der Waals surface area contributed by atoms with Crippen molar-refractivity contribution in [2.24, 2.45) is 5.10 Å². The number of aryl methyl sites for hydroxylation is 1. The maximum Gasteiger partial charge on any atom is 0.277 e. The Kier molecular flexibility index (Phi) is 7.21. The minimum Gasteiger partial charge on any atom is -0.496 e. The quantitative estimate of drug-likeness (QED) is 0.575. The highest BCUT2D eigenvalue weighted by Gasteiger charge is 2.10. The summed E-state index contributed by atoms with van der Waals surface area (Å²) in [6.45, 7) is 6.15. The highest BCUT2D eigenvalue weighted by molar-refractivity contribution is 5.83. The normalized spacial score (nSPS) is 12.0. The lowest BCUT2D eigenvalue weighted by Gasteiger charge is -2.15. The standard InChI is InChI=1S/C21H26N2O3/c1-5-15(2)18-8-6-7-9-20(18)26-14-21(24)23-22-13-17-10-11-19(25-4)16(3)12-17/h6-13,15H,5,14H2,1-4H3,(H,23,24)/b22-13+. The third-order valence-electron chi connectivity index (χ3n) is 4.24. The summed E-state index contributed by atoms with van der Waals surface area (Å²) >= 11 is 0. The van der Waals surface area contributed by atoms with Crippen molar-refractivity contribution in [2.75, 3.05) is 13.7 Å². The van der Waals surface area contributed by atoms with Crippen LogP contribution in [0.1, 0.15) is 42.9 Å². The summed E-state index contributed by atoms with van der Waals surface area (Å²) in [7, 11) is 1.63. The van der Waals surface area contributed by atoms with Gasteiger partial charge < -0.3 is 9.47 Å². The number of nitrogens with one attached hydrogen (secondary N) is 1. The lowest BCUT2D eigenvalue weighted by molar-refractivity contribution is -0.123. The molecule has 26 heavy (non-hydrogen) atoms. The van der Waals surface area contributed by atoms with Crippen LogP contribution in [0.25, 0.3) is 0 Å². The minimum absolute atomic E-state index is 0.0770. The van der Waals surface area contributed by atoms with Crippen LogP contribution in [0, 0.1) is 6.92 Å². The molecule has 0 spiro atoms. The van der Waals surface area contributed by atoms with Crippen molar-refractivity contribution in [2.45, 2.75) is 33.1 Å². The first-order chi connectivity index (χ1) is 12.5. The van der Waals surface area contributed by atoms with Crippen molar-refractivity contribution < 1.29 is 14.3 Å². The highest BCUT2D eigenvalue weighted by Crippen LogP contribution is 2.28. The summed E-state index contributed by atoms with van der Waals surface area (Å²) in [4.78, 5) is 12.0. The fraction of sp³-hybridized carbons (Fsp3) is 0.333. The molecular formula is C21H26N2O3. The van der Waals surface area contributed by atoms with Crippen LogP contribution in [0.5, 0.6) is 11.5 Å². The van der Waals surface area contributed by atoms with Gasteiger partial charge in [-0.15, -0.1) is 0 Å². The topological polar surface area (TPSA) is 59.9 Å². The van der Waals surface area contributed by atoms with Crippen molar-refractivity contribution in [3.05, 3.63) is 59.2 Å². The van der Waals surface area contributed by atoms with E-state index < -0.39 is 0 Å². The van der Waals surface area contributed by atoms with Gasteiger partial charge in [0.2, 0.25) is 0 Å². The van der Waals surface area contributed by atoms with E-state index in [0.29, 0.717) is 5.92 Å². The number of rotatable bonds is 8. The molecule has 0 heterocycles. The van der Waals surface area contributed by atoms with Crippen LogP contribution in [0.3, 0.4) is 0 Å². The van der Waals surface area contributed by atoms with E-state index in [1.165, 1.54) is 0 Å². The van der Waals surface area contributed by atoms with E-state index in [-0.39, 0.29) is 12.5 Å². The molecular weight excluding hydrogens is 328 g/mol. The summed E-state index contributed by atoms with van der Waals surface area (Å²) in [5.41, 5.74) is 5.49. The average molecular weight is 354 g/mol. The van der Waals surface area contributed by atoms with Crippen molar-refractivity contribution in [1.29, 1.82) is 0 Å². The first kappa shape index (κ1) is 19.5. The van der Waals surface area contributed by atoms with E-state index in [2.05, 4.69) is 24.4 Å². The number of hydrazone groups is 1. The summed E-state index contributed by atoms with van der Waals surface area (Å²) in [6, 6.07) is 13.5. The fourth-order valence-electron chi connectivity index (χ4n) is 2.58. The van der Waals surface area contributed by atoms with Gasteiger partial charge in [-0.3, -0.25) is 4.79 Å². The van der Waals surface area contributed by atoms with Crippen LogP contribution in [0.2, 0.25) is 0 Å². The van der Waals surface area contributed by atoms with E-state index in [4.69, 9.17) is 9.47 Å². The van der Waals surface area contributed by atoms with Gasteiger partial charge in [-0.1, -0.05) is 32.0 Å². The Labute approximate surface area is 155 Å². The molecule has 5 nitrogen and oxygen atoms in total.